The van der Waals surface area contributed by atoms with Crippen molar-refractivity contribution in [3.8, 4) is 0 Å². The molecule has 3 amide bonds. The van der Waals surface area contributed by atoms with Gasteiger partial charge in [-0.15, -0.1) is 0 Å². The molecule has 0 aromatic heterocycles. The van der Waals surface area contributed by atoms with Crippen LogP contribution in [0.4, 0.5) is 4.79 Å². The molecule has 1 aliphatic heterocycles. The Balaban J connectivity index is 2.45. The maximum absolute atomic E-state index is 12.0. The molecule has 0 bridgehead atoms. The average molecular weight is 256 g/mol. The lowest BCUT2D eigenvalue weighted by Crippen LogP contribution is -2.51. The fraction of sp³-hybridized carbons (Fsp3) is 0.833. The highest BCUT2D eigenvalue weighted by Crippen LogP contribution is 2.00. The average Bonchev–Trinajstić information content (AvgIpc) is 2.40. The van der Waals surface area contributed by atoms with Crippen LogP contribution < -0.4 is 5.32 Å². The van der Waals surface area contributed by atoms with Gasteiger partial charge < -0.3 is 20.0 Å². The molecule has 0 aliphatic carbocycles. The van der Waals surface area contributed by atoms with Crippen LogP contribution in [0.3, 0.4) is 0 Å². The van der Waals surface area contributed by atoms with Crippen LogP contribution in [0.5, 0.6) is 0 Å². The highest BCUT2D eigenvalue weighted by molar-refractivity contribution is 5.84. The van der Waals surface area contributed by atoms with Crippen molar-refractivity contribution >= 4 is 11.9 Å². The quantitative estimate of drug-likeness (QED) is 0.758. The van der Waals surface area contributed by atoms with Crippen LogP contribution in [0.25, 0.3) is 0 Å². The number of nitrogens with one attached hydrogen (secondary N) is 1. The Bertz CT molecular complexity index is 286. The summed E-state index contributed by atoms with van der Waals surface area (Å²) in [6, 6.07) is -0.0801. The molecule has 6 heteroatoms. The summed E-state index contributed by atoms with van der Waals surface area (Å²) in [4.78, 5) is 29.0. The summed E-state index contributed by atoms with van der Waals surface area (Å²) in [5.74, 6) is 0.0273. The lowest BCUT2D eigenvalue weighted by atomic mass is 10.3. The summed E-state index contributed by atoms with van der Waals surface area (Å²) in [6.45, 7) is 8.50. The van der Waals surface area contributed by atoms with Gasteiger partial charge >= 0.3 is 6.03 Å². The van der Waals surface area contributed by atoms with Crippen molar-refractivity contribution in [3.63, 3.8) is 0 Å². The summed E-state index contributed by atoms with van der Waals surface area (Å²) in [5.41, 5.74) is 0. The second-order valence-electron chi connectivity index (χ2n) is 4.44. The monoisotopic (exact) mass is 256 g/mol. The van der Waals surface area contributed by atoms with Crippen LogP contribution in [0, 0.1) is 0 Å². The lowest BCUT2D eigenvalue weighted by molar-refractivity contribution is -0.132. The highest BCUT2D eigenvalue weighted by atomic mass is 16.2. The van der Waals surface area contributed by atoms with Crippen molar-refractivity contribution in [2.24, 2.45) is 0 Å². The third-order valence-electron chi connectivity index (χ3n) is 3.20. The molecule has 0 aromatic carbocycles. The fourth-order valence-electron chi connectivity index (χ4n) is 2.02. The molecule has 0 radical (unpaired) electrons. The van der Waals surface area contributed by atoms with Crippen LogP contribution in [0.1, 0.15) is 13.8 Å². The normalized spacial score (nSPS) is 15.4. The van der Waals surface area contributed by atoms with E-state index in [1.54, 1.807) is 11.9 Å². The van der Waals surface area contributed by atoms with Crippen molar-refractivity contribution in [1.82, 2.24) is 20.0 Å². The van der Waals surface area contributed by atoms with E-state index in [0.29, 0.717) is 13.1 Å². The molecule has 0 atom stereocenters. The molecule has 0 spiro atoms. The van der Waals surface area contributed by atoms with E-state index in [2.05, 4.69) is 5.32 Å². The third-order valence-corrected chi connectivity index (χ3v) is 3.20. The number of likely N-dealkylation sites (N-methyl/N-ethyl adjacent to an activating group) is 1. The Morgan fingerprint density at radius 2 is 1.72 bits per heavy atom. The van der Waals surface area contributed by atoms with Crippen LogP contribution in [0.15, 0.2) is 0 Å². The Labute approximate surface area is 109 Å². The number of carbonyl (C=O) groups excluding carboxylic acids is 2. The number of nitrogens with zero attached hydrogens (tertiary/aromatic N) is 3. The van der Waals surface area contributed by atoms with E-state index in [-0.39, 0.29) is 18.5 Å². The summed E-state index contributed by atoms with van der Waals surface area (Å²) in [5, 5.41) is 3.20. The number of amides is 3. The second kappa shape index (κ2) is 7.20. The summed E-state index contributed by atoms with van der Waals surface area (Å²) >= 11 is 0. The minimum Gasteiger partial charge on any atom is -0.339 e. The number of piperazine rings is 1. The third kappa shape index (κ3) is 3.87. The largest absolute Gasteiger partial charge is 0.339 e. The molecule has 0 unspecified atom stereocenters. The van der Waals surface area contributed by atoms with Gasteiger partial charge in [0.2, 0.25) is 5.91 Å². The maximum Gasteiger partial charge on any atom is 0.320 e. The minimum absolute atomic E-state index is 0.0273. The first kappa shape index (κ1) is 14.8. The topological polar surface area (TPSA) is 55.9 Å². The Morgan fingerprint density at radius 1 is 1.17 bits per heavy atom. The molecule has 6 nitrogen and oxygen atoms in total. The van der Waals surface area contributed by atoms with E-state index in [0.717, 1.165) is 26.2 Å². The predicted molar refractivity (Wildman–Crippen MR) is 70.4 cm³/mol. The van der Waals surface area contributed by atoms with Crippen molar-refractivity contribution in [2.75, 3.05) is 52.9 Å². The predicted octanol–water partition coefficient (Wildman–Crippen LogP) is -0.188. The Hall–Kier alpha value is -1.30. The van der Waals surface area contributed by atoms with Crippen LogP contribution in [0.2, 0.25) is 0 Å². The van der Waals surface area contributed by atoms with Crippen LogP contribution >= 0.6 is 0 Å². The van der Waals surface area contributed by atoms with Gasteiger partial charge in [0.25, 0.3) is 0 Å². The van der Waals surface area contributed by atoms with E-state index in [9.17, 15) is 9.59 Å². The summed E-state index contributed by atoms with van der Waals surface area (Å²) < 4.78 is 0. The first-order chi connectivity index (χ1) is 8.60. The van der Waals surface area contributed by atoms with Crippen molar-refractivity contribution in [2.45, 2.75) is 13.8 Å². The van der Waals surface area contributed by atoms with Gasteiger partial charge in [-0.25, -0.2) is 4.79 Å². The molecule has 0 aromatic rings. The summed E-state index contributed by atoms with van der Waals surface area (Å²) in [6.07, 6.45) is 0. The number of rotatable bonds is 4. The standard InChI is InChI=1S/C12H24N4O2/c1-4-15(5-2)12(18)14(3)10-11(17)16-8-6-13-7-9-16/h13H,4-10H2,1-3H3. The van der Waals surface area contributed by atoms with Crippen LogP contribution in [-0.4, -0.2) is 79.5 Å². The first-order valence-corrected chi connectivity index (χ1v) is 6.58. The van der Waals surface area contributed by atoms with E-state index in [1.165, 1.54) is 4.90 Å². The first-order valence-electron chi connectivity index (χ1n) is 6.58. The van der Waals surface area contributed by atoms with Crippen molar-refractivity contribution in [3.05, 3.63) is 0 Å². The molecule has 0 saturated carbocycles. The molecular formula is C12H24N4O2. The lowest BCUT2D eigenvalue weighted by Gasteiger charge is -2.31. The number of hydrogen-bond acceptors (Lipinski definition) is 3. The van der Waals surface area contributed by atoms with Gasteiger partial charge in [0, 0.05) is 46.3 Å². The van der Waals surface area contributed by atoms with Gasteiger partial charge in [-0.1, -0.05) is 0 Å². The van der Waals surface area contributed by atoms with E-state index < -0.39 is 0 Å². The fourth-order valence-corrected chi connectivity index (χ4v) is 2.02. The number of hydrogen-bond donors (Lipinski definition) is 1. The van der Waals surface area contributed by atoms with Gasteiger partial charge in [0.15, 0.2) is 0 Å². The number of urea groups is 1. The smallest absolute Gasteiger partial charge is 0.320 e. The summed E-state index contributed by atoms with van der Waals surface area (Å²) in [7, 11) is 1.68. The second-order valence-corrected chi connectivity index (χ2v) is 4.44. The van der Waals surface area contributed by atoms with E-state index >= 15 is 0 Å². The highest BCUT2D eigenvalue weighted by Gasteiger charge is 2.21. The Morgan fingerprint density at radius 3 is 2.22 bits per heavy atom. The van der Waals surface area contributed by atoms with Gasteiger partial charge in [0.1, 0.15) is 6.54 Å². The maximum atomic E-state index is 12.0. The molecule has 104 valence electrons. The zero-order valence-corrected chi connectivity index (χ0v) is 11.6. The molecule has 1 saturated heterocycles. The zero-order chi connectivity index (χ0) is 13.5. The molecule has 1 N–H and O–H groups in total. The zero-order valence-electron chi connectivity index (χ0n) is 11.6. The van der Waals surface area contributed by atoms with Crippen molar-refractivity contribution < 1.29 is 9.59 Å². The molecule has 1 fully saturated rings. The molecule has 18 heavy (non-hydrogen) atoms. The van der Waals surface area contributed by atoms with Gasteiger partial charge in [-0.05, 0) is 13.8 Å². The van der Waals surface area contributed by atoms with Crippen molar-refractivity contribution in [1.29, 1.82) is 0 Å². The van der Waals surface area contributed by atoms with E-state index in [1.807, 2.05) is 18.7 Å². The molecule has 1 aliphatic rings. The minimum atomic E-state index is -0.0801. The number of carbonyl (C=O) groups is 2. The molecular weight excluding hydrogens is 232 g/mol. The molecule has 1 heterocycles. The van der Waals surface area contributed by atoms with Gasteiger partial charge in [-0.3, -0.25) is 4.79 Å². The molecule has 1 rings (SSSR count). The van der Waals surface area contributed by atoms with Gasteiger partial charge in [0.05, 0.1) is 0 Å². The van der Waals surface area contributed by atoms with Crippen LogP contribution in [-0.2, 0) is 4.79 Å². The SMILES string of the molecule is CCN(CC)C(=O)N(C)CC(=O)N1CCNCC1. The van der Waals surface area contributed by atoms with Gasteiger partial charge in [-0.2, -0.15) is 0 Å². The Kier molecular flexibility index (Phi) is 5.91. The van der Waals surface area contributed by atoms with E-state index in [4.69, 9.17) is 0 Å².